The number of hydrogen-bond donors (Lipinski definition) is 1. The van der Waals surface area contributed by atoms with Gasteiger partial charge in [-0.1, -0.05) is 0 Å². The average Bonchev–Trinajstić information content (AvgIpc) is 2.34. The van der Waals surface area contributed by atoms with Crippen LogP contribution in [0.25, 0.3) is 0 Å². The number of Topliss-reactive ketones (excluding diaryl/α,β-unsaturated/α-hetero) is 1. The zero-order valence-corrected chi connectivity index (χ0v) is 7.67. The average molecular weight is 193 g/mol. The van der Waals surface area contributed by atoms with Crippen LogP contribution in [0.15, 0.2) is 5.51 Å². The molecule has 0 saturated carbocycles. The van der Waals surface area contributed by atoms with Crippen LogP contribution in [0.1, 0.15) is 15.4 Å². The first-order valence-electron chi connectivity index (χ1n) is 2.89. The lowest BCUT2D eigenvalue weighted by Crippen LogP contribution is -2.14. The topological polar surface area (TPSA) is 56.0 Å². The summed E-state index contributed by atoms with van der Waals surface area (Å²) >= 11 is 1.46. The second-order valence-electron chi connectivity index (χ2n) is 1.88. The van der Waals surface area contributed by atoms with Gasteiger partial charge in [0, 0.05) is 4.88 Å². The second kappa shape index (κ2) is 4.43. The number of nitrogens with zero attached hydrogens (tertiary/aromatic N) is 1. The molecule has 1 heterocycles. The highest BCUT2D eigenvalue weighted by molar-refractivity contribution is 7.09. The van der Waals surface area contributed by atoms with Crippen molar-refractivity contribution in [2.75, 3.05) is 6.54 Å². The van der Waals surface area contributed by atoms with Crippen LogP contribution in [-0.2, 0) is 0 Å². The Labute approximate surface area is 75.0 Å². The fraction of sp³-hybridized carbons (Fsp3) is 0.333. The quantitative estimate of drug-likeness (QED) is 0.712. The highest BCUT2D eigenvalue weighted by atomic mass is 35.5. The van der Waals surface area contributed by atoms with Crippen molar-refractivity contribution in [1.82, 2.24) is 4.98 Å². The minimum absolute atomic E-state index is 0. The van der Waals surface area contributed by atoms with Crippen molar-refractivity contribution in [2.24, 2.45) is 5.73 Å². The lowest BCUT2D eigenvalue weighted by Gasteiger charge is -1.90. The number of nitrogens with two attached hydrogens (primary N) is 1. The molecule has 0 spiro atoms. The largest absolute Gasteiger partial charge is 0.324 e. The van der Waals surface area contributed by atoms with E-state index < -0.39 is 0 Å². The molecule has 2 N–H and O–H groups in total. The van der Waals surface area contributed by atoms with Crippen molar-refractivity contribution < 1.29 is 4.79 Å². The standard InChI is InChI=1S/C6H8N2OS.ClH/c1-4-6(5(9)2-7)8-3-10-4;/h3H,2,7H2,1H3;1H. The Hall–Kier alpha value is -0.450. The molecule has 0 aromatic carbocycles. The second-order valence-corrected chi connectivity index (χ2v) is 2.94. The van der Waals surface area contributed by atoms with Crippen molar-refractivity contribution in [1.29, 1.82) is 0 Å². The summed E-state index contributed by atoms with van der Waals surface area (Å²) in [7, 11) is 0. The van der Waals surface area contributed by atoms with Gasteiger partial charge in [-0.15, -0.1) is 23.7 Å². The van der Waals surface area contributed by atoms with E-state index in [-0.39, 0.29) is 24.7 Å². The zero-order valence-electron chi connectivity index (χ0n) is 6.03. The maximum Gasteiger partial charge on any atom is 0.195 e. The van der Waals surface area contributed by atoms with Crippen LogP contribution in [0.2, 0.25) is 0 Å². The Morgan fingerprint density at radius 3 is 2.82 bits per heavy atom. The molecule has 0 aliphatic carbocycles. The van der Waals surface area contributed by atoms with Crippen LogP contribution in [-0.4, -0.2) is 17.3 Å². The molecule has 0 amide bonds. The van der Waals surface area contributed by atoms with Gasteiger partial charge in [-0.05, 0) is 6.92 Å². The van der Waals surface area contributed by atoms with Gasteiger partial charge in [0.2, 0.25) is 0 Å². The molecule has 0 saturated heterocycles. The number of halogens is 1. The fourth-order valence-electron chi connectivity index (χ4n) is 0.670. The number of ketones is 1. The number of carbonyl (C=O) groups excluding carboxylic acids is 1. The lowest BCUT2D eigenvalue weighted by atomic mass is 10.3. The summed E-state index contributed by atoms with van der Waals surface area (Å²) < 4.78 is 0. The predicted octanol–water partition coefficient (Wildman–Crippen LogP) is 1.01. The third kappa shape index (κ3) is 2.25. The molecule has 0 aliphatic rings. The van der Waals surface area contributed by atoms with Gasteiger partial charge in [0.25, 0.3) is 0 Å². The molecule has 0 unspecified atom stereocenters. The Morgan fingerprint density at radius 1 is 1.82 bits per heavy atom. The molecule has 0 aliphatic heterocycles. The number of hydrogen-bond acceptors (Lipinski definition) is 4. The van der Waals surface area contributed by atoms with Crippen molar-refractivity contribution in [3.63, 3.8) is 0 Å². The van der Waals surface area contributed by atoms with Gasteiger partial charge in [-0.25, -0.2) is 4.98 Å². The van der Waals surface area contributed by atoms with E-state index >= 15 is 0 Å². The molecular formula is C6H9ClN2OS. The van der Waals surface area contributed by atoms with Gasteiger partial charge in [-0.2, -0.15) is 0 Å². The van der Waals surface area contributed by atoms with Gasteiger partial charge in [-0.3, -0.25) is 4.79 Å². The van der Waals surface area contributed by atoms with Crippen LogP contribution in [0.4, 0.5) is 0 Å². The minimum atomic E-state index is -0.0845. The molecule has 11 heavy (non-hydrogen) atoms. The summed E-state index contributed by atoms with van der Waals surface area (Å²) in [5, 5.41) is 0. The molecule has 62 valence electrons. The zero-order chi connectivity index (χ0) is 7.56. The minimum Gasteiger partial charge on any atom is -0.324 e. The molecule has 0 radical (unpaired) electrons. The summed E-state index contributed by atoms with van der Waals surface area (Å²) in [5.74, 6) is -0.0845. The molecule has 1 rings (SSSR count). The SMILES string of the molecule is Cc1scnc1C(=O)CN.Cl. The molecule has 0 atom stereocenters. The Bertz CT molecular complexity index is 248. The Kier molecular flexibility index (Phi) is 4.25. The van der Waals surface area contributed by atoms with Crippen LogP contribution < -0.4 is 5.73 Å². The third-order valence-corrected chi connectivity index (χ3v) is 1.95. The van der Waals surface area contributed by atoms with Gasteiger partial charge in [0.05, 0.1) is 12.1 Å². The maximum absolute atomic E-state index is 10.9. The van der Waals surface area contributed by atoms with E-state index in [1.165, 1.54) is 11.3 Å². The van der Waals surface area contributed by atoms with Crippen LogP contribution in [0.5, 0.6) is 0 Å². The van der Waals surface area contributed by atoms with E-state index in [0.29, 0.717) is 5.69 Å². The van der Waals surface area contributed by atoms with Gasteiger partial charge >= 0.3 is 0 Å². The molecule has 0 bridgehead atoms. The molecule has 1 aromatic rings. The van der Waals surface area contributed by atoms with Crippen molar-refractivity contribution >= 4 is 29.5 Å². The number of aromatic nitrogens is 1. The summed E-state index contributed by atoms with van der Waals surface area (Å²) in [6, 6.07) is 0. The number of aryl methyl sites for hydroxylation is 1. The molecular weight excluding hydrogens is 184 g/mol. The van der Waals surface area contributed by atoms with Crippen molar-refractivity contribution in [2.45, 2.75) is 6.92 Å². The third-order valence-electron chi connectivity index (χ3n) is 1.19. The predicted molar refractivity (Wildman–Crippen MR) is 47.5 cm³/mol. The summed E-state index contributed by atoms with van der Waals surface area (Å²) in [6.45, 7) is 1.91. The Morgan fingerprint density at radius 2 is 2.45 bits per heavy atom. The fourth-order valence-corrected chi connectivity index (χ4v) is 1.26. The highest BCUT2D eigenvalue weighted by Gasteiger charge is 2.08. The normalized spacial score (nSPS) is 8.91. The smallest absolute Gasteiger partial charge is 0.195 e. The molecule has 3 nitrogen and oxygen atoms in total. The highest BCUT2D eigenvalue weighted by Crippen LogP contribution is 2.10. The number of rotatable bonds is 2. The molecule has 1 aromatic heterocycles. The van der Waals surface area contributed by atoms with E-state index in [2.05, 4.69) is 4.98 Å². The van der Waals surface area contributed by atoms with E-state index in [9.17, 15) is 4.79 Å². The van der Waals surface area contributed by atoms with E-state index in [4.69, 9.17) is 5.73 Å². The van der Waals surface area contributed by atoms with Crippen LogP contribution in [0, 0.1) is 6.92 Å². The number of carbonyl (C=O) groups is 1. The number of thiazole rings is 1. The van der Waals surface area contributed by atoms with Crippen LogP contribution in [0.3, 0.4) is 0 Å². The van der Waals surface area contributed by atoms with Crippen molar-refractivity contribution in [3.8, 4) is 0 Å². The lowest BCUT2D eigenvalue weighted by molar-refractivity contribution is 0.0997. The first-order valence-corrected chi connectivity index (χ1v) is 3.77. The monoisotopic (exact) mass is 192 g/mol. The maximum atomic E-state index is 10.9. The van der Waals surface area contributed by atoms with Crippen LogP contribution >= 0.6 is 23.7 Å². The van der Waals surface area contributed by atoms with E-state index in [1.807, 2.05) is 6.92 Å². The van der Waals surface area contributed by atoms with Gasteiger partial charge in [0.15, 0.2) is 5.78 Å². The van der Waals surface area contributed by atoms with Gasteiger partial charge < -0.3 is 5.73 Å². The van der Waals surface area contributed by atoms with Crippen molar-refractivity contribution in [3.05, 3.63) is 16.1 Å². The van der Waals surface area contributed by atoms with E-state index in [0.717, 1.165) is 4.88 Å². The van der Waals surface area contributed by atoms with E-state index in [1.54, 1.807) is 5.51 Å². The van der Waals surface area contributed by atoms with Gasteiger partial charge in [0.1, 0.15) is 5.69 Å². The summed E-state index contributed by atoms with van der Waals surface area (Å²) in [4.78, 5) is 15.7. The first-order chi connectivity index (χ1) is 4.75. The Balaban J connectivity index is 0.000001000. The molecule has 5 heteroatoms. The summed E-state index contributed by atoms with van der Waals surface area (Å²) in [6.07, 6.45) is 0. The first kappa shape index (κ1) is 10.6. The summed E-state index contributed by atoms with van der Waals surface area (Å²) in [5.41, 5.74) is 7.32. The molecule has 0 fully saturated rings.